The topological polar surface area (TPSA) is 65.4 Å². The second-order valence-electron chi connectivity index (χ2n) is 8.19. The molecule has 1 N–H and O–H groups in total. The van der Waals surface area contributed by atoms with Crippen LogP contribution in [0.4, 0.5) is 0 Å². The van der Waals surface area contributed by atoms with Crippen molar-refractivity contribution < 1.29 is 14.3 Å². The van der Waals surface area contributed by atoms with E-state index in [0.29, 0.717) is 6.54 Å². The first-order valence-electron chi connectivity index (χ1n) is 10.7. The van der Waals surface area contributed by atoms with Crippen molar-refractivity contribution in [1.82, 2.24) is 15.1 Å². The SMILES string of the molecule is COc1ccccc1Cn1ncc2c1CCC[C@@H]2NC(=O)[C@H]1CCC[C@H](OC)C1. The number of aromatic nitrogens is 2. The predicted octanol–water partition coefficient (Wildman–Crippen LogP) is 3.64. The van der Waals surface area contributed by atoms with E-state index in [1.807, 2.05) is 24.4 Å². The Labute approximate surface area is 172 Å². The first-order valence-corrected chi connectivity index (χ1v) is 10.7. The highest BCUT2D eigenvalue weighted by atomic mass is 16.5. The molecule has 1 heterocycles. The number of amides is 1. The minimum atomic E-state index is 0.0561. The summed E-state index contributed by atoms with van der Waals surface area (Å²) >= 11 is 0. The van der Waals surface area contributed by atoms with Crippen LogP contribution in [0.25, 0.3) is 0 Å². The van der Waals surface area contributed by atoms with Crippen LogP contribution in [-0.4, -0.2) is 36.0 Å². The lowest BCUT2D eigenvalue weighted by atomic mass is 9.85. The van der Waals surface area contributed by atoms with E-state index in [1.165, 1.54) is 11.3 Å². The molecule has 156 valence electrons. The van der Waals surface area contributed by atoms with Crippen molar-refractivity contribution in [3.05, 3.63) is 47.3 Å². The molecule has 2 aliphatic rings. The minimum Gasteiger partial charge on any atom is -0.496 e. The highest BCUT2D eigenvalue weighted by molar-refractivity contribution is 5.79. The summed E-state index contributed by atoms with van der Waals surface area (Å²) in [5.74, 6) is 1.10. The fraction of sp³-hybridized carbons (Fsp3) is 0.565. The van der Waals surface area contributed by atoms with E-state index in [-0.39, 0.29) is 24.0 Å². The Morgan fingerprint density at radius 2 is 2.07 bits per heavy atom. The Balaban J connectivity index is 1.47. The van der Waals surface area contributed by atoms with Crippen molar-refractivity contribution in [3.63, 3.8) is 0 Å². The van der Waals surface area contributed by atoms with Crippen molar-refractivity contribution in [1.29, 1.82) is 0 Å². The molecule has 29 heavy (non-hydrogen) atoms. The molecular weight excluding hydrogens is 366 g/mol. The van der Waals surface area contributed by atoms with Gasteiger partial charge in [-0.1, -0.05) is 24.6 Å². The summed E-state index contributed by atoms with van der Waals surface area (Å²) < 4.78 is 13.0. The van der Waals surface area contributed by atoms with E-state index in [1.54, 1.807) is 14.2 Å². The van der Waals surface area contributed by atoms with Crippen molar-refractivity contribution in [2.24, 2.45) is 5.92 Å². The van der Waals surface area contributed by atoms with Crippen LogP contribution in [0.5, 0.6) is 5.75 Å². The summed E-state index contributed by atoms with van der Waals surface area (Å²) in [7, 11) is 3.44. The number of fused-ring (bicyclic) bond motifs is 1. The number of carbonyl (C=O) groups is 1. The van der Waals surface area contributed by atoms with Gasteiger partial charge in [0.15, 0.2) is 0 Å². The van der Waals surface area contributed by atoms with Crippen molar-refractivity contribution in [2.45, 2.75) is 63.6 Å². The van der Waals surface area contributed by atoms with Gasteiger partial charge in [-0.05, 0) is 44.6 Å². The number of benzene rings is 1. The van der Waals surface area contributed by atoms with Crippen LogP contribution in [0.2, 0.25) is 0 Å². The number of methoxy groups -OCH3 is 2. The summed E-state index contributed by atoms with van der Waals surface area (Å²) in [4.78, 5) is 12.9. The summed E-state index contributed by atoms with van der Waals surface area (Å²) in [6.07, 6.45) is 9.07. The first kappa shape index (κ1) is 20.0. The van der Waals surface area contributed by atoms with Crippen LogP contribution in [-0.2, 0) is 22.5 Å². The molecule has 0 aliphatic heterocycles. The molecular formula is C23H31N3O3. The lowest BCUT2D eigenvalue weighted by Gasteiger charge is -2.30. The quantitative estimate of drug-likeness (QED) is 0.808. The maximum atomic E-state index is 12.9. The summed E-state index contributed by atoms with van der Waals surface area (Å²) in [6.45, 7) is 0.679. The van der Waals surface area contributed by atoms with Gasteiger partial charge in [-0.25, -0.2) is 0 Å². The van der Waals surface area contributed by atoms with E-state index in [0.717, 1.165) is 56.3 Å². The Kier molecular flexibility index (Phi) is 6.19. The Morgan fingerprint density at radius 1 is 1.21 bits per heavy atom. The normalized spacial score (nSPS) is 24.0. The van der Waals surface area contributed by atoms with Crippen molar-refractivity contribution in [3.8, 4) is 5.75 Å². The monoisotopic (exact) mass is 397 g/mol. The average Bonchev–Trinajstić information content (AvgIpc) is 3.18. The van der Waals surface area contributed by atoms with Crippen LogP contribution in [0.3, 0.4) is 0 Å². The highest BCUT2D eigenvalue weighted by Crippen LogP contribution is 2.32. The average molecular weight is 398 g/mol. The maximum absolute atomic E-state index is 12.9. The molecule has 0 saturated heterocycles. The van der Waals surface area contributed by atoms with Gasteiger partial charge in [-0.2, -0.15) is 5.10 Å². The number of rotatable bonds is 6. The zero-order chi connectivity index (χ0) is 20.2. The second-order valence-corrected chi connectivity index (χ2v) is 8.19. The van der Waals surface area contributed by atoms with Gasteiger partial charge in [0.25, 0.3) is 0 Å². The summed E-state index contributed by atoms with van der Waals surface area (Å²) in [5.41, 5.74) is 3.50. The molecule has 0 bridgehead atoms. The van der Waals surface area contributed by atoms with Crippen LogP contribution in [0.15, 0.2) is 30.5 Å². The maximum Gasteiger partial charge on any atom is 0.223 e. The van der Waals surface area contributed by atoms with Crippen molar-refractivity contribution in [2.75, 3.05) is 14.2 Å². The molecule has 1 amide bonds. The number of para-hydroxylation sites is 1. The summed E-state index contributed by atoms with van der Waals surface area (Å²) in [5, 5.41) is 7.97. The van der Waals surface area contributed by atoms with Gasteiger partial charge < -0.3 is 14.8 Å². The zero-order valence-corrected chi connectivity index (χ0v) is 17.4. The van der Waals surface area contributed by atoms with Gasteiger partial charge >= 0.3 is 0 Å². The molecule has 2 aliphatic carbocycles. The Hall–Kier alpha value is -2.34. The van der Waals surface area contributed by atoms with Crippen LogP contribution >= 0.6 is 0 Å². The molecule has 1 saturated carbocycles. The number of nitrogens with one attached hydrogen (secondary N) is 1. The molecule has 6 nitrogen and oxygen atoms in total. The fourth-order valence-corrected chi connectivity index (χ4v) is 4.79. The third-order valence-electron chi connectivity index (χ3n) is 6.42. The van der Waals surface area contributed by atoms with E-state index >= 15 is 0 Å². The minimum absolute atomic E-state index is 0.0561. The first-order chi connectivity index (χ1) is 14.2. The van der Waals surface area contributed by atoms with Crippen LogP contribution < -0.4 is 10.1 Å². The van der Waals surface area contributed by atoms with Gasteiger partial charge in [-0.3, -0.25) is 9.48 Å². The van der Waals surface area contributed by atoms with Gasteiger partial charge in [0.2, 0.25) is 5.91 Å². The molecule has 1 fully saturated rings. The van der Waals surface area contributed by atoms with Gasteiger partial charge in [-0.15, -0.1) is 0 Å². The number of carbonyl (C=O) groups excluding carboxylic acids is 1. The smallest absolute Gasteiger partial charge is 0.223 e. The standard InChI is InChI=1S/C23H31N3O3/c1-28-18-9-5-8-16(13-18)23(27)25-20-10-6-11-21-19(20)14-24-26(21)15-17-7-3-4-12-22(17)29-2/h3-4,7,12,14,16,18,20H,5-6,8-11,13,15H2,1-2H3,(H,25,27)/t16-,18-,20-/m0/s1. The van der Waals surface area contributed by atoms with Crippen LogP contribution in [0.1, 0.15) is 61.4 Å². The highest BCUT2D eigenvalue weighted by Gasteiger charge is 2.31. The molecule has 0 spiro atoms. The van der Waals surface area contributed by atoms with E-state index in [2.05, 4.69) is 21.2 Å². The van der Waals surface area contributed by atoms with E-state index < -0.39 is 0 Å². The van der Waals surface area contributed by atoms with Crippen molar-refractivity contribution >= 4 is 5.91 Å². The fourth-order valence-electron chi connectivity index (χ4n) is 4.79. The molecule has 1 aromatic heterocycles. The molecule has 0 unspecified atom stereocenters. The molecule has 3 atom stereocenters. The third-order valence-corrected chi connectivity index (χ3v) is 6.42. The molecule has 4 rings (SSSR count). The third kappa shape index (κ3) is 4.32. The number of hydrogen-bond donors (Lipinski definition) is 1. The predicted molar refractivity (Wildman–Crippen MR) is 111 cm³/mol. The van der Waals surface area contributed by atoms with E-state index in [9.17, 15) is 4.79 Å². The lowest BCUT2D eigenvalue weighted by Crippen LogP contribution is -2.38. The Morgan fingerprint density at radius 3 is 2.90 bits per heavy atom. The molecule has 0 radical (unpaired) electrons. The number of nitrogens with zero attached hydrogens (tertiary/aromatic N) is 2. The number of hydrogen-bond acceptors (Lipinski definition) is 4. The largest absolute Gasteiger partial charge is 0.496 e. The lowest BCUT2D eigenvalue weighted by molar-refractivity contribution is -0.128. The summed E-state index contributed by atoms with van der Waals surface area (Å²) in [6, 6.07) is 8.11. The van der Waals surface area contributed by atoms with Gasteiger partial charge in [0, 0.05) is 29.8 Å². The number of ether oxygens (including phenoxy) is 2. The molecule has 1 aromatic carbocycles. The molecule has 2 aromatic rings. The van der Waals surface area contributed by atoms with Gasteiger partial charge in [0.1, 0.15) is 5.75 Å². The zero-order valence-electron chi connectivity index (χ0n) is 17.4. The van der Waals surface area contributed by atoms with Crippen LogP contribution in [0, 0.1) is 5.92 Å². The Bertz CT molecular complexity index is 848. The van der Waals surface area contributed by atoms with Gasteiger partial charge in [0.05, 0.1) is 32.0 Å². The molecule has 6 heteroatoms. The van der Waals surface area contributed by atoms with E-state index in [4.69, 9.17) is 9.47 Å². The second kappa shape index (κ2) is 8.99.